The molecule has 0 aliphatic heterocycles. The zero-order valence-electron chi connectivity index (χ0n) is 11.8. The van der Waals surface area contributed by atoms with E-state index in [1.807, 2.05) is 12.1 Å². The van der Waals surface area contributed by atoms with Gasteiger partial charge in [0.05, 0.1) is 21.3 Å². The maximum Gasteiger partial charge on any atom is 0.203 e. The van der Waals surface area contributed by atoms with Crippen molar-refractivity contribution >= 4 is 0 Å². The average Bonchev–Trinajstić information content (AvgIpc) is 2.37. The van der Waals surface area contributed by atoms with E-state index in [9.17, 15) is 0 Å². The highest BCUT2D eigenvalue weighted by Crippen LogP contribution is 2.38. The Bertz CT molecular complexity index is 366. The van der Waals surface area contributed by atoms with Gasteiger partial charge in [-0.25, -0.2) is 0 Å². The molecule has 0 aliphatic carbocycles. The smallest absolute Gasteiger partial charge is 0.203 e. The number of rotatable bonds is 6. The Balaban J connectivity index is 3.07. The summed E-state index contributed by atoms with van der Waals surface area (Å²) in [6, 6.07) is 4.01. The van der Waals surface area contributed by atoms with Crippen LogP contribution in [0.5, 0.6) is 17.2 Å². The van der Waals surface area contributed by atoms with Gasteiger partial charge in [-0.3, -0.25) is 0 Å². The Labute approximate surface area is 109 Å². The Morgan fingerprint density at radius 3 is 1.83 bits per heavy atom. The number of hydrogen-bond acceptors (Lipinski definition) is 4. The molecule has 1 aromatic rings. The van der Waals surface area contributed by atoms with Crippen molar-refractivity contribution in [3.63, 3.8) is 0 Å². The van der Waals surface area contributed by atoms with Crippen LogP contribution in [0.3, 0.4) is 0 Å². The van der Waals surface area contributed by atoms with E-state index in [1.165, 1.54) is 0 Å². The first kappa shape index (κ1) is 14.6. The topological polar surface area (TPSA) is 53.7 Å². The lowest BCUT2D eigenvalue weighted by atomic mass is 9.97. The molecule has 0 amide bonds. The molecule has 0 bridgehead atoms. The zero-order chi connectivity index (χ0) is 13.7. The summed E-state index contributed by atoms with van der Waals surface area (Å²) in [5.74, 6) is 2.39. The Morgan fingerprint density at radius 2 is 1.50 bits per heavy atom. The zero-order valence-corrected chi connectivity index (χ0v) is 11.8. The third-order valence-electron chi connectivity index (χ3n) is 3.05. The van der Waals surface area contributed by atoms with Crippen molar-refractivity contribution in [3.05, 3.63) is 17.7 Å². The molecule has 18 heavy (non-hydrogen) atoms. The second kappa shape index (κ2) is 6.50. The van der Waals surface area contributed by atoms with Crippen molar-refractivity contribution in [1.82, 2.24) is 0 Å². The monoisotopic (exact) mass is 253 g/mol. The second-order valence-electron chi connectivity index (χ2n) is 4.65. The van der Waals surface area contributed by atoms with Crippen LogP contribution in [0, 0.1) is 5.92 Å². The lowest BCUT2D eigenvalue weighted by Gasteiger charge is -2.18. The lowest BCUT2D eigenvalue weighted by Crippen LogP contribution is -2.28. The number of benzene rings is 1. The standard InChI is InChI=1S/C14H23NO3/c1-9(2)11(15)6-10-7-12(16-3)14(18-5)13(8-10)17-4/h7-9,11H,6,15H2,1-5H3. The molecule has 1 aromatic carbocycles. The SMILES string of the molecule is COc1cc(CC(N)C(C)C)cc(OC)c1OC. The Morgan fingerprint density at radius 1 is 1.00 bits per heavy atom. The van der Waals surface area contributed by atoms with E-state index in [-0.39, 0.29) is 6.04 Å². The molecule has 0 fully saturated rings. The molecule has 1 rings (SSSR count). The number of nitrogens with two attached hydrogens (primary N) is 1. The molecule has 0 aromatic heterocycles. The first-order valence-electron chi connectivity index (χ1n) is 6.07. The molecule has 102 valence electrons. The van der Waals surface area contributed by atoms with Gasteiger partial charge < -0.3 is 19.9 Å². The molecular formula is C14H23NO3. The summed E-state index contributed by atoms with van der Waals surface area (Å²) < 4.78 is 15.9. The van der Waals surface area contributed by atoms with E-state index in [4.69, 9.17) is 19.9 Å². The van der Waals surface area contributed by atoms with Gasteiger partial charge in [-0.15, -0.1) is 0 Å². The van der Waals surface area contributed by atoms with Gasteiger partial charge in [0.15, 0.2) is 11.5 Å². The highest BCUT2D eigenvalue weighted by atomic mass is 16.5. The van der Waals surface area contributed by atoms with E-state index in [0.717, 1.165) is 12.0 Å². The van der Waals surface area contributed by atoms with Crippen molar-refractivity contribution in [1.29, 1.82) is 0 Å². The molecule has 0 radical (unpaired) electrons. The van der Waals surface area contributed by atoms with E-state index in [1.54, 1.807) is 21.3 Å². The normalized spacial score (nSPS) is 12.4. The fraction of sp³-hybridized carbons (Fsp3) is 0.571. The third-order valence-corrected chi connectivity index (χ3v) is 3.05. The molecule has 0 heterocycles. The van der Waals surface area contributed by atoms with Gasteiger partial charge in [-0.1, -0.05) is 13.8 Å². The van der Waals surface area contributed by atoms with Crippen LogP contribution in [-0.4, -0.2) is 27.4 Å². The summed E-state index contributed by atoms with van der Waals surface area (Å²) in [7, 11) is 4.83. The molecular weight excluding hydrogens is 230 g/mol. The van der Waals surface area contributed by atoms with Crippen LogP contribution >= 0.6 is 0 Å². The Hall–Kier alpha value is -1.42. The van der Waals surface area contributed by atoms with Crippen molar-refractivity contribution in [2.24, 2.45) is 11.7 Å². The molecule has 2 N–H and O–H groups in total. The highest BCUT2D eigenvalue weighted by molar-refractivity contribution is 5.53. The van der Waals surface area contributed by atoms with Crippen LogP contribution in [0.4, 0.5) is 0 Å². The molecule has 0 saturated carbocycles. The van der Waals surface area contributed by atoms with E-state index in [2.05, 4.69) is 13.8 Å². The first-order valence-corrected chi connectivity index (χ1v) is 6.07. The van der Waals surface area contributed by atoms with Crippen LogP contribution in [0.2, 0.25) is 0 Å². The quantitative estimate of drug-likeness (QED) is 0.844. The predicted octanol–water partition coefficient (Wildman–Crippen LogP) is 2.24. The van der Waals surface area contributed by atoms with Crippen LogP contribution < -0.4 is 19.9 Å². The van der Waals surface area contributed by atoms with Gasteiger partial charge >= 0.3 is 0 Å². The maximum absolute atomic E-state index is 6.09. The van der Waals surface area contributed by atoms with Crippen molar-refractivity contribution in [2.75, 3.05) is 21.3 Å². The van der Waals surface area contributed by atoms with E-state index in [0.29, 0.717) is 23.2 Å². The van der Waals surface area contributed by atoms with Crippen molar-refractivity contribution < 1.29 is 14.2 Å². The van der Waals surface area contributed by atoms with Gasteiger partial charge in [0.25, 0.3) is 0 Å². The van der Waals surface area contributed by atoms with Crippen LogP contribution in [0.15, 0.2) is 12.1 Å². The van der Waals surface area contributed by atoms with Crippen LogP contribution in [0.1, 0.15) is 19.4 Å². The van der Waals surface area contributed by atoms with Gasteiger partial charge in [0.1, 0.15) is 0 Å². The minimum absolute atomic E-state index is 0.118. The summed E-state index contributed by atoms with van der Waals surface area (Å²) in [5, 5.41) is 0. The Kier molecular flexibility index (Phi) is 5.28. The second-order valence-corrected chi connectivity index (χ2v) is 4.65. The molecule has 4 nitrogen and oxygen atoms in total. The maximum atomic E-state index is 6.09. The molecule has 1 unspecified atom stereocenters. The number of methoxy groups -OCH3 is 3. The molecule has 1 atom stereocenters. The fourth-order valence-electron chi connectivity index (χ4n) is 1.76. The van der Waals surface area contributed by atoms with Gasteiger partial charge in [0, 0.05) is 6.04 Å². The predicted molar refractivity (Wildman–Crippen MR) is 72.6 cm³/mol. The summed E-state index contributed by atoms with van der Waals surface area (Å²) in [5.41, 5.74) is 7.18. The summed E-state index contributed by atoms with van der Waals surface area (Å²) >= 11 is 0. The first-order chi connectivity index (χ1) is 8.53. The van der Waals surface area contributed by atoms with Gasteiger partial charge in [-0.2, -0.15) is 0 Å². The summed E-state index contributed by atoms with van der Waals surface area (Å²) in [6.45, 7) is 4.23. The fourth-order valence-corrected chi connectivity index (χ4v) is 1.76. The largest absolute Gasteiger partial charge is 0.493 e. The minimum Gasteiger partial charge on any atom is -0.493 e. The molecule has 0 saturated heterocycles. The van der Waals surface area contributed by atoms with E-state index >= 15 is 0 Å². The van der Waals surface area contributed by atoms with Crippen molar-refractivity contribution in [3.8, 4) is 17.2 Å². The average molecular weight is 253 g/mol. The van der Waals surface area contributed by atoms with Gasteiger partial charge in [0.2, 0.25) is 5.75 Å². The van der Waals surface area contributed by atoms with Gasteiger partial charge in [-0.05, 0) is 30.0 Å². The summed E-state index contributed by atoms with van der Waals surface area (Å²) in [4.78, 5) is 0. The summed E-state index contributed by atoms with van der Waals surface area (Å²) in [6.07, 6.45) is 0.786. The lowest BCUT2D eigenvalue weighted by molar-refractivity contribution is 0.323. The van der Waals surface area contributed by atoms with E-state index < -0.39 is 0 Å². The molecule has 0 spiro atoms. The van der Waals surface area contributed by atoms with Crippen molar-refractivity contribution in [2.45, 2.75) is 26.3 Å². The number of ether oxygens (including phenoxy) is 3. The molecule has 4 heteroatoms. The highest BCUT2D eigenvalue weighted by Gasteiger charge is 2.15. The van der Waals surface area contributed by atoms with Crippen LogP contribution in [0.25, 0.3) is 0 Å². The minimum atomic E-state index is 0.118. The third kappa shape index (κ3) is 3.29. The number of hydrogen-bond donors (Lipinski definition) is 1. The molecule has 0 aliphatic rings. The van der Waals surface area contributed by atoms with Crippen LogP contribution in [-0.2, 0) is 6.42 Å².